The van der Waals surface area contributed by atoms with Crippen molar-refractivity contribution in [2.75, 3.05) is 58.8 Å². The van der Waals surface area contributed by atoms with Crippen LogP contribution in [0.2, 0.25) is 0 Å². The van der Waals surface area contributed by atoms with Gasteiger partial charge in [0.05, 0.1) is 34.1 Å². The molecule has 0 spiro atoms. The number of nitrogens with zero attached hydrogens (tertiary/aromatic N) is 3. The van der Waals surface area contributed by atoms with E-state index >= 15 is 0 Å². The number of benzene rings is 3. The van der Waals surface area contributed by atoms with Crippen LogP contribution >= 0.6 is 0 Å². The van der Waals surface area contributed by atoms with Crippen LogP contribution in [0, 0.1) is 11.6 Å². The highest BCUT2D eigenvalue weighted by Crippen LogP contribution is 2.31. The van der Waals surface area contributed by atoms with E-state index in [0.717, 1.165) is 16.7 Å². The van der Waals surface area contributed by atoms with Gasteiger partial charge in [-0.25, -0.2) is 22.0 Å². The number of hydrogen-bond donors (Lipinski definition) is 2. The van der Waals surface area contributed by atoms with Crippen LogP contribution in [0.3, 0.4) is 0 Å². The zero-order valence-corrected chi connectivity index (χ0v) is 28.4. The van der Waals surface area contributed by atoms with Crippen LogP contribution in [0.15, 0.2) is 64.4 Å². The van der Waals surface area contributed by atoms with E-state index in [1.165, 1.54) is 25.3 Å². The van der Waals surface area contributed by atoms with Gasteiger partial charge in [-0.05, 0) is 82.4 Å². The van der Waals surface area contributed by atoms with E-state index in [9.17, 15) is 26.8 Å². The molecule has 2 unspecified atom stereocenters. The Kier molecular flexibility index (Phi) is 11.9. The molecule has 4 aromatic rings. The topological polar surface area (TPSA) is 141 Å². The Morgan fingerprint density at radius 2 is 1.65 bits per heavy atom. The highest BCUT2D eigenvalue weighted by molar-refractivity contribution is 7.91. The Morgan fingerprint density at radius 1 is 0.938 bits per heavy atom. The number of sulfone groups is 1. The Bertz CT molecular complexity index is 1880. The third-order valence-electron chi connectivity index (χ3n) is 7.59. The molecular formula is C33H39F2N5O7S. The lowest BCUT2D eigenvalue weighted by molar-refractivity contribution is 0.0980. The quantitative estimate of drug-likeness (QED) is 0.175. The van der Waals surface area contributed by atoms with Gasteiger partial charge >= 0.3 is 6.09 Å². The first-order valence-corrected chi connectivity index (χ1v) is 16.5. The summed E-state index contributed by atoms with van der Waals surface area (Å²) in [4.78, 5) is 28.0. The molecule has 0 aliphatic carbocycles. The van der Waals surface area contributed by atoms with Gasteiger partial charge in [-0.2, -0.15) is 4.68 Å². The van der Waals surface area contributed by atoms with Gasteiger partial charge in [-0.1, -0.05) is 6.07 Å². The van der Waals surface area contributed by atoms with Gasteiger partial charge < -0.3 is 29.7 Å². The third kappa shape index (κ3) is 8.52. The van der Waals surface area contributed by atoms with Crippen LogP contribution in [-0.2, 0) is 30.5 Å². The van der Waals surface area contributed by atoms with E-state index in [0.29, 0.717) is 30.5 Å². The summed E-state index contributed by atoms with van der Waals surface area (Å²) < 4.78 is 71.1. The second-order valence-corrected chi connectivity index (χ2v) is 13.5. The van der Waals surface area contributed by atoms with Crippen molar-refractivity contribution in [1.82, 2.24) is 14.7 Å². The van der Waals surface area contributed by atoms with Crippen LogP contribution in [0.25, 0.3) is 10.9 Å². The van der Waals surface area contributed by atoms with Crippen molar-refractivity contribution < 1.29 is 41.0 Å². The van der Waals surface area contributed by atoms with Gasteiger partial charge in [0.2, 0.25) is 9.84 Å². The van der Waals surface area contributed by atoms with Gasteiger partial charge in [-0.3, -0.25) is 4.79 Å². The molecule has 0 aliphatic heterocycles. The summed E-state index contributed by atoms with van der Waals surface area (Å²) in [5.41, 5.74) is 1.87. The first-order valence-electron chi connectivity index (χ1n) is 15.0. The van der Waals surface area contributed by atoms with Crippen molar-refractivity contribution in [1.29, 1.82) is 0 Å². The van der Waals surface area contributed by atoms with Gasteiger partial charge in [-0.15, -0.1) is 5.10 Å². The number of methoxy groups -OCH3 is 2. The molecule has 0 fully saturated rings. The Hall–Kier alpha value is -4.44. The molecule has 1 amide bonds. The van der Waals surface area contributed by atoms with Crippen molar-refractivity contribution in [3.05, 3.63) is 77.4 Å². The average Bonchev–Trinajstić information content (AvgIpc) is 3.38. The first kappa shape index (κ1) is 36.4. The van der Waals surface area contributed by atoms with Crippen molar-refractivity contribution in [2.45, 2.75) is 42.1 Å². The zero-order chi connectivity index (χ0) is 35.2. The molecule has 4 rings (SSSR count). The number of halogens is 2. The van der Waals surface area contributed by atoms with E-state index in [1.54, 1.807) is 13.2 Å². The fourth-order valence-electron chi connectivity index (χ4n) is 4.88. The molecule has 0 bridgehead atoms. The summed E-state index contributed by atoms with van der Waals surface area (Å²) in [6.45, 7) is 4.37. The van der Waals surface area contributed by atoms with Crippen molar-refractivity contribution in [2.24, 2.45) is 0 Å². The average molecular weight is 688 g/mol. The number of rotatable bonds is 14. The number of hydrogen-bond acceptors (Lipinski definition) is 10. The molecule has 1 aromatic heterocycles. The van der Waals surface area contributed by atoms with Crippen LogP contribution in [0.1, 0.15) is 29.8 Å². The number of carbonyl (C=O) groups excluding carboxylic acids is 2. The lowest BCUT2D eigenvalue weighted by Gasteiger charge is -2.22. The molecule has 3 aromatic carbocycles. The minimum Gasteiger partial charge on any atom is -0.445 e. The molecule has 0 aliphatic rings. The minimum absolute atomic E-state index is 0.0590. The lowest BCUT2D eigenvalue weighted by Crippen LogP contribution is -2.27. The summed E-state index contributed by atoms with van der Waals surface area (Å²) >= 11 is 0. The summed E-state index contributed by atoms with van der Waals surface area (Å²) in [7, 11) is 2.54. The lowest BCUT2D eigenvalue weighted by atomic mass is 10.0. The molecule has 0 saturated carbocycles. The zero-order valence-electron chi connectivity index (χ0n) is 27.5. The summed E-state index contributed by atoms with van der Waals surface area (Å²) in [5.74, 6) is -2.89. The number of ether oxygens (including phenoxy) is 3. The smallest absolute Gasteiger partial charge is 0.435 e. The maximum atomic E-state index is 14.0. The number of amides is 1. The van der Waals surface area contributed by atoms with E-state index in [1.807, 2.05) is 33.2 Å². The van der Waals surface area contributed by atoms with Crippen molar-refractivity contribution >= 4 is 44.2 Å². The third-order valence-corrected chi connectivity index (χ3v) is 9.32. The van der Waals surface area contributed by atoms with Crippen molar-refractivity contribution in [3.63, 3.8) is 0 Å². The predicted octanol–water partition coefficient (Wildman–Crippen LogP) is 4.97. The van der Waals surface area contributed by atoms with Crippen molar-refractivity contribution in [3.8, 4) is 0 Å². The summed E-state index contributed by atoms with van der Waals surface area (Å²) in [6, 6.07) is 11.0. The number of aromatic nitrogens is 2. The molecule has 2 N–H and O–H groups in total. The largest absolute Gasteiger partial charge is 0.445 e. The van der Waals surface area contributed by atoms with Crippen LogP contribution in [0.5, 0.6) is 0 Å². The summed E-state index contributed by atoms with van der Waals surface area (Å²) in [5, 5.41) is 10.3. The summed E-state index contributed by atoms with van der Waals surface area (Å²) in [6.07, 6.45) is -0.190. The van der Waals surface area contributed by atoms with Crippen LogP contribution < -0.4 is 10.6 Å². The highest BCUT2D eigenvalue weighted by Gasteiger charge is 2.25. The van der Waals surface area contributed by atoms with Gasteiger partial charge in [0.1, 0.15) is 18.2 Å². The molecule has 2 atom stereocenters. The molecule has 12 nitrogen and oxygen atoms in total. The van der Waals surface area contributed by atoms with Crippen LogP contribution in [0.4, 0.5) is 25.1 Å². The Balaban J connectivity index is 1.79. The van der Waals surface area contributed by atoms with Gasteiger partial charge in [0.25, 0.3) is 5.91 Å². The van der Waals surface area contributed by atoms with E-state index < -0.39 is 38.4 Å². The highest BCUT2D eigenvalue weighted by atomic mass is 32.2. The molecule has 258 valence electrons. The normalized spacial score (nSPS) is 13.0. The maximum Gasteiger partial charge on any atom is 0.435 e. The minimum atomic E-state index is -4.44. The molecular weight excluding hydrogens is 648 g/mol. The second-order valence-electron chi connectivity index (χ2n) is 11.5. The van der Waals surface area contributed by atoms with Gasteiger partial charge in [0.15, 0.2) is 5.82 Å². The standard InChI is InChI=1S/C33H39F2N5O7S/c1-20(19-46-6)36-29-14-22(13-21(2)39(3)4)7-9-27(29)32(41)37-31-28-18-25(48(43,44)26-16-23(34)15-24(35)17-26)8-10-30(28)40(38-31)33(42)47-12-11-45-5/h7-10,14-18,20-21,36H,11-13,19H2,1-6H3,(H,37,38,41). The number of anilines is 2. The predicted molar refractivity (Wildman–Crippen MR) is 176 cm³/mol. The molecule has 0 saturated heterocycles. The van der Waals surface area contributed by atoms with E-state index in [4.69, 9.17) is 14.2 Å². The van der Waals surface area contributed by atoms with Gasteiger partial charge in [0, 0.05) is 43.4 Å². The van der Waals surface area contributed by atoms with Crippen LogP contribution in [-0.4, -0.2) is 95.3 Å². The number of nitrogens with one attached hydrogen (secondary N) is 2. The molecule has 15 heteroatoms. The van der Waals surface area contributed by atoms with E-state index in [-0.39, 0.29) is 52.5 Å². The fraction of sp³-hybridized carbons (Fsp3) is 0.364. The second kappa shape index (κ2) is 15.6. The maximum absolute atomic E-state index is 14.0. The first-order chi connectivity index (χ1) is 22.7. The molecule has 1 heterocycles. The monoisotopic (exact) mass is 687 g/mol. The fourth-order valence-corrected chi connectivity index (χ4v) is 6.21. The number of likely N-dealkylation sites (N-methyl/N-ethyl adjacent to an activating group) is 1. The number of carbonyl (C=O) groups is 2. The Labute approximate surface area is 277 Å². The molecule has 0 radical (unpaired) electrons. The number of fused-ring (bicyclic) bond motifs is 1. The molecule has 48 heavy (non-hydrogen) atoms. The Morgan fingerprint density at radius 3 is 2.29 bits per heavy atom. The van der Waals surface area contributed by atoms with E-state index in [2.05, 4.69) is 27.6 Å². The SMILES string of the molecule is COCCOC(=O)n1nc(NC(=O)c2ccc(CC(C)N(C)C)cc2NC(C)COC)c2cc(S(=O)(=O)c3cc(F)cc(F)c3)ccc21.